The van der Waals surface area contributed by atoms with Gasteiger partial charge < -0.3 is 15.4 Å². The lowest BCUT2D eigenvalue weighted by Crippen LogP contribution is -2.30. The number of benzene rings is 1. The van der Waals surface area contributed by atoms with Crippen molar-refractivity contribution in [3.63, 3.8) is 0 Å². The molecule has 0 aliphatic heterocycles. The highest BCUT2D eigenvalue weighted by atomic mass is 31.2. The van der Waals surface area contributed by atoms with Gasteiger partial charge in [-0.25, -0.2) is 4.57 Å². The van der Waals surface area contributed by atoms with E-state index in [4.69, 9.17) is 15.5 Å². The highest BCUT2D eigenvalue weighted by Crippen LogP contribution is 2.41. The first-order valence-electron chi connectivity index (χ1n) is 5.02. The van der Waals surface area contributed by atoms with Gasteiger partial charge in [0.15, 0.2) is 11.5 Å². The molecule has 1 aromatic rings. The minimum absolute atomic E-state index is 0.190. The molecule has 0 heterocycles. The van der Waals surface area contributed by atoms with E-state index in [9.17, 15) is 14.5 Å². The van der Waals surface area contributed by atoms with Gasteiger partial charge in [-0.1, -0.05) is 6.07 Å². The van der Waals surface area contributed by atoms with Crippen molar-refractivity contribution in [2.75, 3.05) is 0 Å². The number of hydrogen-bond acceptors (Lipinski definition) is 5. The number of ketones is 1. The Bertz CT molecular complexity index is 497. The molecule has 100 valence electrons. The molecule has 0 bridgehead atoms. The highest BCUT2D eigenvalue weighted by Gasteiger charge is 2.19. The lowest BCUT2D eigenvalue weighted by atomic mass is 10.0. The monoisotopic (exact) mass is 275 g/mol. The number of phosphoric ester groups is 1. The van der Waals surface area contributed by atoms with E-state index in [1.54, 1.807) is 0 Å². The minimum Gasteiger partial charge on any atom is -0.504 e. The normalized spacial score (nSPS) is 13.1. The van der Waals surface area contributed by atoms with E-state index in [-0.39, 0.29) is 18.0 Å². The smallest absolute Gasteiger partial charge is 0.504 e. The van der Waals surface area contributed by atoms with Gasteiger partial charge in [0.1, 0.15) is 5.78 Å². The zero-order valence-electron chi connectivity index (χ0n) is 9.61. The number of aromatic hydroxyl groups is 1. The van der Waals surface area contributed by atoms with Crippen molar-refractivity contribution in [1.29, 1.82) is 0 Å². The van der Waals surface area contributed by atoms with Crippen LogP contribution in [0.25, 0.3) is 0 Å². The van der Waals surface area contributed by atoms with Crippen molar-refractivity contribution < 1.29 is 28.8 Å². The average molecular weight is 275 g/mol. The van der Waals surface area contributed by atoms with Crippen molar-refractivity contribution in [1.82, 2.24) is 0 Å². The summed E-state index contributed by atoms with van der Waals surface area (Å²) in [7, 11) is -4.71. The number of hydrogen-bond donors (Lipinski definition) is 4. The summed E-state index contributed by atoms with van der Waals surface area (Å²) in [6, 6.07) is 3.23. The third-order valence-electron chi connectivity index (χ3n) is 2.22. The number of phosphoric acid groups is 1. The summed E-state index contributed by atoms with van der Waals surface area (Å²) < 4.78 is 14.9. The molecule has 0 aromatic heterocycles. The number of Topliss-reactive ketones (excluding diaryl/α,β-unsaturated/α-hetero) is 1. The first-order valence-corrected chi connectivity index (χ1v) is 6.55. The van der Waals surface area contributed by atoms with E-state index >= 15 is 0 Å². The molecule has 0 saturated heterocycles. The Morgan fingerprint density at radius 2 is 2.11 bits per heavy atom. The Kier molecular flexibility index (Phi) is 4.48. The molecule has 1 rings (SSSR count). The summed E-state index contributed by atoms with van der Waals surface area (Å²) in [5.41, 5.74) is 6.11. The van der Waals surface area contributed by atoms with Crippen molar-refractivity contribution in [3.8, 4) is 11.5 Å². The maximum atomic E-state index is 11.0. The van der Waals surface area contributed by atoms with E-state index in [2.05, 4.69) is 4.52 Å². The molecular formula is C10H14NO6P. The quantitative estimate of drug-likeness (QED) is 0.569. The molecule has 0 unspecified atom stereocenters. The van der Waals surface area contributed by atoms with Gasteiger partial charge in [-0.2, -0.15) is 0 Å². The van der Waals surface area contributed by atoms with Crippen LogP contribution in [0.2, 0.25) is 0 Å². The topological polar surface area (TPSA) is 130 Å². The predicted molar refractivity (Wildman–Crippen MR) is 63.1 cm³/mol. The van der Waals surface area contributed by atoms with Crippen LogP contribution < -0.4 is 10.3 Å². The maximum absolute atomic E-state index is 11.0. The molecule has 0 spiro atoms. The van der Waals surface area contributed by atoms with Gasteiger partial charge in [-0.15, -0.1) is 0 Å². The van der Waals surface area contributed by atoms with Crippen LogP contribution in [0.1, 0.15) is 12.5 Å². The fourth-order valence-electron chi connectivity index (χ4n) is 1.29. The van der Waals surface area contributed by atoms with Gasteiger partial charge in [-0.3, -0.25) is 14.6 Å². The number of carbonyl (C=O) groups excluding carboxylic acids is 1. The second kappa shape index (κ2) is 5.49. The van der Waals surface area contributed by atoms with E-state index in [1.807, 2.05) is 0 Å². The molecule has 1 aromatic carbocycles. The van der Waals surface area contributed by atoms with Crippen molar-refractivity contribution >= 4 is 13.6 Å². The van der Waals surface area contributed by atoms with Crippen LogP contribution >= 0.6 is 7.82 Å². The van der Waals surface area contributed by atoms with E-state index in [1.165, 1.54) is 25.1 Å². The lowest BCUT2D eigenvalue weighted by Gasteiger charge is -2.11. The third-order valence-corrected chi connectivity index (χ3v) is 2.65. The molecule has 1 atom stereocenters. The van der Waals surface area contributed by atoms with Crippen LogP contribution in [0.15, 0.2) is 18.2 Å². The number of carbonyl (C=O) groups is 1. The number of phenols is 1. The molecule has 5 N–H and O–H groups in total. The number of nitrogens with two attached hydrogens (primary N) is 1. The predicted octanol–water partition coefficient (Wildman–Crippen LogP) is 0.322. The van der Waals surface area contributed by atoms with Crippen molar-refractivity contribution in [3.05, 3.63) is 23.8 Å². The maximum Gasteiger partial charge on any atom is 0.524 e. The highest BCUT2D eigenvalue weighted by molar-refractivity contribution is 7.46. The molecule has 0 fully saturated rings. The van der Waals surface area contributed by atoms with Crippen molar-refractivity contribution in [2.45, 2.75) is 19.4 Å². The summed E-state index contributed by atoms with van der Waals surface area (Å²) in [6.07, 6.45) is 0.221. The SMILES string of the molecule is CC(=O)[C@@H](N)Cc1ccc(OP(=O)(O)O)c(O)c1. The molecule has 18 heavy (non-hydrogen) atoms. The van der Waals surface area contributed by atoms with Crippen LogP contribution in [0, 0.1) is 0 Å². The zero-order chi connectivity index (χ0) is 13.9. The molecule has 0 saturated carbocycles. The van der Waals surface area contributed by atoms with Gasteiger partial charge in [-0.05, 0) is 31.0 Å². The Labute approximate surface area is 103 Å². The first-order chi connectivity index (χ1) is 8.19. The average Bonchev–Trinajstić information content (AvgIpc) is 2.20. The fraction of sp³-hybridized carbons (Fsp3) is 0.300. The Morgan fingerprint density at radius 1 is 1.50 bits per heavy atom. The largest absolute Gasteiger partial charge is 0.524 e. The van der Waals surface area contributed by atoms with Gasteiger partial charge in [0.2, 0.25) is 0 Å². The first kappa shape index (κ1) is 14.7. The van der Waals surface area contributed by atoms with Gasteiger partial charge >= 0.3 is 7.82 Å². The fourth-order valence-corrected chi connectivity index (χ4v) is 1.70. The minimum atomic E-state index is -4.71. The second-order valence-corrected chi connectivity index (χ2v) is 4.97. The summed E-state index contributed by atoms with van der Waals surface area (Å²) in [5.74, 6) is -0.944. The zero-order valence-corrected chi connectivity index (χ0v) is 10.5. The molecule has 0 amide bonds. The Hall–Kier alpha value is -1.40. The molecule has 7 nitrogen and oxygen atoms in total. The second-order valence-electron chi connectivity index (χ2n) is 3.81. The standard InChI is InChI=1S/C10H14NO6P/c1-6(12)8(11)4-7-2-3-10(9(13)5-7)17-18(14,15)16/h2-3,5,8,13H,4,11H2,1H3,(H2,14,15,16)/t8-/m0/s1. The summed E-state index contributed by atoms with van der Waals surface area (Å²) in [6.45, 7) is 1.36. The molecule has 0 radical (unpaired) electrons. The summed E-state index contributed by atoms with van der Waals surface area (Å²) in [4.78, 5) is 28.2. The van der Waals surface area contributed by atoms with Crippen LogP contribution in [0.5, 0.6) is 11.5 Å². The number of rotatable bonds is 5. The van der Waals surface area contributed by atoms with E-state index in [0.29, 0.717) is 5.56 Å². The van der Waals surface area contributed by atoms with Crippen LogP contribution in [-0.2, 0) is 15.8 Å². The Balaban J connectivity index is 2.86. The third kappa shape index (κ3) is 4.46. The van der Waals surface area contributed by atoms with Gasteiger partial charge in [0, 0.05) is 0 Å². The van der Waals surface area contributed by atoms with E-state index in [0.717, 1.165) is 0 Å². The lowest BCUT2D eigenvalue weighted by molar-refractivity contribution is -0.118. The molecule has 8 heteroatoms. The van der Waals surface area contributed by atoms with E-state index < -0.39 is 19.6 Å². The van der Waals surface area contributed by atoms with Crippen LogP contribution in [0.3, 0.4) is 0 Å². The van der Waals surface area contributed by atoms with Crippen LogP contribution in [-0.4, -0.2) is 26.7 Å². The van der Waals surface area contributed by atoms with Gasteiger partial charge in [0.25, 0.3) is 0 Å². The van der Waals surface area contributed by atoms with Gasteiger partial charge in [0.05, 0.1) is 6.04 Å². The summed E-state index contributed by atoms with van der Waals surface area (Å²) in [5, 5.41) is 9.51. The molecule has 0 aliphatic carbocycles. The molecular weight excluding hydrogens is 261 g/mol. The Morgan fingerprint density at radius 3 is 2.56 bits per heavy atom. The summed E-state index contributed by atoms with van der Waals surface area (Å²) >= 11 is 0. The van der Waals surface area contributed by atoms with Crippen molar-refractivity contribution in [2.24, 2.45) is 5.73 Å². The van der Waals surface area contributed by atoms with Crippen LogP contribution in [0.4, 0.5) is 0 Å². The number of phenolic OH excluding ortho intramolecular Hbond substituents is 1. The molecule has 0 aliphatic rings.